The summed E-state index contributed by atoms with van der Waals surface area (Å²) in [6, 6.07) is 14.1. The van der Waals surface area contributed by atoms with Gasteiger partial charge < -0.3 is 25.0 Å². The quantitative estimate of drug-likeness (QED) is 0.463. The molecule has 3 rings (SSSR count). The van der Waals surface area contributed by atoms with Crippen molar-refractivity contribution in [2.45, 2.75) is 26.4 Å². The molecule has 33 heavy (non-hydrogen) atoms. The van der Waals surface area contributed by atoms with E-state index < -0.39 is 11.8 Å². The van der Waals surface area contributed by atoms with E-state index in [4.69, 9.17) is 4.74 Å². The van der Waals surface area contributed by atoms with Crippen molar-refractivity contribution in [3.05, 3.63) is 64.6 Å². The van der Waals surface area contributed by atoms with E-state index in [1.54, 1.807) is 43.3 Å². The monoisotopic (exact) mass is 450 g/mol. The molecule has 0 aliphatic carbocycles. The number of likely N-dealkylation sites (N-methyl/N-ethyl adjacent to an activating group) is 1. The molecule has 0 bridgehead atoms. The number of aromatic nitrogens is 2. The zero-order chi connectivity index (χ0) is 24.0. The van der Waals surface area contributed by atoms with E-state index in [0.717, 1.165) is 17.7 Å². The highest BCUT2D eigenvalue weighted by Gasteiger charge is 2.18. The van der Waals surface area contributed by atoms with Crippen LogP contribution < -0.4 is 15.7 Å². The SMILES string of the molecule is CCC(Oc1ccc(-c2cc(-c3ccc(O)c(C)c3)nc(=O)[nH]2)cc1)C(=O)NCCN(C)C. The summed E-state index contributed by atoms with van der Waals surface area (Å²) in [7, 11) is 3.90. The van der Waals surface area contributed by atoms with Crippen molar-refractivity contribution < 1.29 is 14.6 Å². The third-order valence-electron chi connectivity index (χ3n) is 5.20. The van der Waals surface area contributed by atoms with Crippen LogP contribution in [0.2, 0.25) is 0 Å². The Balaban J connectivity index is 1.75. The highest BCUT2D eigenvalue weighted by molar-refractivity contribution is 5.81. The number of aromatic amines is 1. The molecule has 0 aliphatic heterocycles. The van der Waals surface area contributed by atoms with Crippen LogP contribution >= 0.6 is 0 Å². The van der Waals surface area contributed by atoms with Crippen molar-refractivity contribution in [2.75, 3.05) is 27.2 Å². The van der Waals surface area contributed by atoms with E-state index in [-0.39, 0.29) is 11.7 Å². The average Bonchev–Trinajstić information content (AvgIpc) is 2.79. The second-order valence-corrected chi connectivity index (χ2v) is 8.12. The first-order valence-corrected chi connectivity index (χ1v) is 10.9. The molecule has 1 atom stereocenters. The summed E-state index contributed by atoms with van der Waals surface area (Å²) in [6.07, 6.45) is -0.0362. The van der Waals surface area contributed by atoms with Crippen LogP contribution in [0.15, 0.2) is 53.3 Å². The average molecular weight is 451 g/mol. The van der Waals surface area contributed by atoms with Crippen LogP contribution in [0.4, 0.5) is 0 Å². The fraction of sp³-hybridized carbons (Fsp3) is 0.320. The van der Waals surface area contributed by atoms with Gasteiger partial charge in [-0.25, -0.2) is 4.79 Å². The number of aryl methyl sites for hydroxylation is 1. The van der Waals surface area contributed by atoms with Crippen molar-refractivity contribution in [2.24, 2.45) is 0 Å². The second-order valence-electron chi connectivity index (χ2n) is 8.12. The summed E-state index contributed by atoms with van der Waals surface area (Å²) in [4.78, 5) is 33.4. The molecule has 0 saturated carbocycles. The number of amides is 1. The molecule has 1 unspecified atom stereocenters. The van der Waals surface area contributed by atoms with Gasteiger partial charge in [0.05, 0.1) is 11.4 Å². The van der Waals surface area contributed by atoms with Crippen LogP contribution in [-0.4, -0.2) is 59.2 Å². The van der Waals surface area contributed by atoms with Gasteiger partial charge in [-0.2, -0.15) is 4.98 Å². The highest BCUT2D eigenvalue weighted by Crippen LogP contribution is 2.27. The van der Waals surface area contributed by atoms with E-state index in [9.17, 15) is 14.7 Å². The topological polar surface area (TPSA) is 108 Å². The number of phenolic OH excluding ortho intramolecular Hbond substituents is 1. The maximum absolute atomic E-state index is 12.4. The Bertz CT molecular complexity index is 1160. The van der Waals surface area contributed by atoms with E-state index in [1.165, 1.54) is 0 Å². The molecule has 8 heteroatoms. The predicted octanol–water partition coefficient (Wildman–Crippen LogP) is 2.95. The van der Waals surface area contributed by atoms with Crippen molar-refractivity contribution in [1.29, 1.82) is 0 Å². The number of H-pyrrole nitrogens is 1. The molecular formula is C25H30N4O4. The lowest BCUT2D eigenvalue weighted by molar-refractivity contribution is -0.128. The molecule has 0 radical (unpaired) electrons. The number of hydrogen-bond donors (Lipinski definition) is 3. The Kier molecular flexibility index (Phi) is 7.84. The van der Waals surface area contributed by atoms with Crippen LogP contribution in [0.5, 0.6) is 11.5 Å². The van der Waals surface area contributed by atoms with E-state index in [0.29, 0.717) is 35.7 Å². The van der Waals surface area contributed by atoms with Gasteiger partial charge in [-0.15, -0.1) is 0 Å². The molecule has 3 aromatic rings. The number of ether oxygens (including phenoxy) is 1. The fourth-order valence-electron chi connectivity index (χ4n) is 3.29. The molecule has 2 aromatic carbocycles. The predicted molar refractivity (Wildman–Crippen MR) is 128 cm³/mol. The Morgan fingerprint density at radius 2 is 1.85 bits per heavy atom. The minimum absolute atomic E-state index is 0.143. The lowest BCUT2D eigenvalue weighted by Gasteiger charge is -2.18. The van der Waals surface area contributed by atoms with Gasteiger partial charge in [0, 0.05) is 18.7 Å². The minimum Gasteiger partial charge on any atom is -0.508 e. The largest absolute Gasteiger partial charge is 0.508 e. The number of carbonyl (C=O) groups is 1. The second kappa shape index (κ2) is 10.8. The van der Waals surface area contributed by atoms with Crippen LogP contribution in [0, 0.1) is 6.92 Å². The summed E-state index contributed by atoms with van der Waals surface area (Å²) in [6.45, 7) is 5.01. The molecule has 0 saturated heterocycles. The summed E-state index contributed by atoms with van der Waals surface area (Å²) in [5, 5.41) is 12.6. The zero-order valence-corrected chi connectivity index (χ0v) is 19.4. The van der Waals surface area contributed by atoms with Gasteiger partial charge in [0.25, 0.3) is 5.91 Å². The molecular weight excluding hydrogens is 420 g/mol. The molecule has 0 fully saturated rings. The van der Waals surface area contributed by atoms with Gasteiger partial charge in [0.15, 0.2) is 6.10 Å². The van der Waals surface area contributed by atoms with Gasteiger partial charge >= 0.3 is 5.69 Å². The molecule has 1 aromatic heterocycles. The lowest BCUT2D eigenvalue weighted by Crippen LogP contribution is -2.40. The summed E-state index contributed by atoms with van der Waals surface area (Å²) in [5.41, 5.74) is 2.88. The normalized spacial score (nSPS) is 11.9. The van der Waals surface area contributed by atoms with E-state index >= 15 is 0 Å². The van der Waals surface area contributed by atoms with Crippen molar-refractivity contribution in [1.82, 2.24) is 20.2 Å². The molecule has 3 N–H and O–H groups in total. The van der Waals surface area contributed by atoms with Gasteiger partial charge in [-0.1, -0.05) is 6.92 Å². The van der Waals surface area contributed by atoms with Crippen molar-refractivity contribution >= 4 is 5.91 Å². The highest BCUT2D eigenvalue weighted by atomic mass is 16.5. The molecule has 0 spiro atoms. The lowest BCUT2D eigenvalue weighted by atomic mass is 10.1. The fourth-order valence-corrected chi connectivity index (χ4v) is 3.29. The smallest absolute Gasteiger partial charge is 0.345 e. The number of phenols is 1. The number of benzene rings is 2. The number of hydrogen-bond acceptors (Lipinski definition) is 6. The van der Waals surface area contributed by atoms with Gasteiger partial charge in [-0.05, 0) is 87.1 Å². The minimum atomic E-state index is -0.580. The summed E-state index contributed by atoms with van der Waals surface area (Å²) < 4.78 is 5.88. The zero-order valence-electron chi connectivity index (χ0n) is 19.4. The molecule has 8 nitrogen and oxygen atoms in total. The third-order valence-corrected chi connectivity index (χ3v) is 5.20. The first-order valence-electron chi connectivity index (χ1n) is 10.9. The van der Waals surface area contributed by atoms with Gasteiger partial charge in [-0.3, -0.25) is 4.79 Å². The molecule has 0 aliphatic rings. The van der Waals surface area contributed by atoms with Crippen LogP contribution in [0.3, 0.4) is 0 Å². The Morgan fingerprint density at radius 3 is 2.48 bits per heavy atom. The first-order chi connectivity index (χ1) is 15.8. The standard InChI is InChI=1S/C25H30N4O4/c1-5-23(24(31)26-12-13-29(3)4)33-19-9-6-17(7-10-19)20-15-21(28-25(32)27-20)18-8-11-22(30)16(2)14-18/h6-11,14-15,23,30H,5,12-13H2,1-4H3,(H,26,31)(H,27,28,32). The van der Waals surface area contributed by atoms with Gasteiger partial charge in [0.2, 0.25) is 0 Å². The van der Waals surface area contributed by atoms with Crippen LogP contribution in [0.1, 0.15) is 18.9 Å². The Morgan fingerprint density at radius 1 is 1.15 bits per heavy atom. The number of aromatic hydroxyl groups is 1. The van der Waals surface area contributed by atoms with Crippen molar-refractivity contribution in [3.8, 4) is 34.0 Å². The van der Waals surface area contributed by atoms with E-state index in [1.807, 2.05) is 38.1 Å². The summed E-state index contributed by atoms with van der Waals surface area (Å²) >= 11 is 0. The Labute approximate surface area is 193 Å². The van der Waals surface area contributed by atoms with Crippen LogP contribution in [-0.2, 0) is 4.79 Å². The van der Waals surface area contributed by atoms with E-state index in [2.05, 4.69) is 15.3 Å². The number of carbonyl (C=O) groups excluding carboxylic acids is 1. The van der Waals surface area contributed by atoms with Crippen molar-refractivity contribution in [3.63, 3.8) is 0 Å². The maximum Gasteiger partial charge on any atom is 0.345 e. The Hall–Kier alpha value is -3.65. The third kappa shape index (κ3) is 6.43. The summed E-state index contributed by atoms with van der Waals surface area (Å²) in [5.74, 6) is 0.617. The number of nitrogens with one attached hydrogen (secondary N) is 2. The number of nitrogens with zero attached hydrogens (tertiary/aromatic N) is 2. The maximum atomic E-state index is 12.4. The first kappa shape index (κ1) is 24.0. The number of rotatable bonds is 9. The molecule has 1 heterocycles. The molecule has 1 amide bonds. The van der Waals surface area contributed by atoms with Gasteiger partial charge in [0.1, 0.15) is 11.5 Å². The van der Waals surface area contributed by atoms with Crippen LogP contribution in [0.25, 0.3) is 22.5 Å². The molecule has 174 valence electrons.